The van der Waals surface area contributed by atoms with Crippen molar-refractivity contribution in [3.05, 3.63) is 29.8 Å². The van der Waals surface area contributed by atoms with Gasteiger partial charge in [-0.3, -0.25) is 0 Å². The fourth-order valence-corrected chi connectivity index (χ4v) is 5.90. The van der Waals surface area contributed by atoms with Crippen LogP contribution in [-0.4, -0.2) is 6.61 Å². The minimum atomic E-state index is 0.783. The summed E-state index contributed by atoms with van der Waals surface area (Å²) in [5, 5.41) is 0. The SMILES string of the molecule is CCCCCC[C@H]1CC[C@H]([C@H]2CC[C@H](c3ccc(OCCCC)cc3)CC2)CC1. The molecule has 0 bridgehead atoms. The van der Waals surface area contributed by atoms with Gasteiger partial charge in [0.05, 0.1) is 6.61 Å². The van der Waals surface area contributed by atoms with Gasteiger partial charge in [-0.25, -0.2) is 0 Å². The van der Waals surface area contributed by atoms with Crippen LogP contribution in [0.15, 0.2) is 24.3 Å². The largest absolute Gasteiger partial charge is 0.494 e. The smallest absolute Gasteiger partial charge is 0.119 e. The summed E-state index contributed by atoms with van der Waals surface area (Å²) in [5.41, 5.74) is 1.54. The summed E-state index contributed by atoms with van der Waals surface area (Å²) in [6.07, 6.45) is 21.4. The first-order valence-corrected chi connectivity index (χ1v) is 13.0. The Balaban J connectivity index is 1.35. The molecule has 1 aromatic carbocycles. The van der Waals surface area contributed by atoms with Gasteiger partial charge in [-0.1, -0.05) is 77.3 Å². The lowest BCUT2D eigenvalue weighted by molar-refractivity contribution is 0.155. The topological polar surface area (TPSA) is 9.23 Å². The van der Waals surface area contributed by atoms with Crippen molar-refractivity contribution in [2.75, 3.05) is 6.61 Å². The number of unbranched alkanes of at least 4 members (excludes halogenated alkanes) is 4. The lowest BCUT2D eigenvalue weighted by atomic mass is 9.68. The van der Waals surface area contributed by atoms with E-state index in [9.17, 15) is 0 Å². The average molecular weight is 399 g/mol. The molecule has 0 atom stereocenters. The molecule has 29 heavy (non-hydrogen) atoms. The van der Waals surface area contributed by atoms with Crippen molar-refractivity contribution in [3.8, 4) is 5.75 Å². The normalized spacial score (nSPS) is 27.7. The van der Waals surface area contributed by atoms with Crippen LogP contribution in [-0.2, 0) is 0 Å². The summed E-state index contributed by atoms with van der Waals surface area (Å²) >= 11 is 0. The molecule has 2 saturated carbocycles. The number of benzene rings is 1. The van der Waals surface area contributed by atoms with Gasteiger partial charge in [0.2, 0.25) is 0 Å². The van der Waals surface area contributed by atoms with Gasteiger partial charge >= 0.3 is 0 Å². The third kappa shape index (κ3) is 7.34. The van der Waals surface area contributed by atoms with Crippen molar-refractivity contribution < 1.29 is 4.74 Å². The lowest BCUT2D eigenvalue weighted by Crippen LogP contribution is -2.25. The number of ether oxygens (including phenoxy) is 1. The Bertz CT molecular complexity index is 532. The molecule has 0 amide bonds. The van der Waals surface area contributed by atoms with Gasteiger partial charge in [-0.05, 0) is 86.3 Å². The summed E-state index contributed by atoms with van der Waals surface area (Å²) in [6.45, 7) is 5.38. The molecule has 0 saturated heterocycles. The highest BCUT2D eigenvalue weighted by Crippen LogP contribution is 2.44. The predicted octanol–water partition coefficient (Wildman–Crippen LogP) is 8.92. The first kappa shape index (κ1) is 22.7. The van der Waals surface area contributed by atoms with Crippen LogP contribution < -0.4 is 4.74 Å². The number of hydrogen-bond acceptors (Lipinski definition) is 1. The molecule has 1 heteroatoms. The second-order valence-corrected chi connectivity index (χ2v) is 10.0. The molecular formula is C28H46O. The van der Waals surface area contributed by atoms with Crippen molar-refractivity contribution >= 4 is 0 Å². The van der Waals surface area contributed by atoms with Crippen LogP contribution in [0.25, 0.3) is 0 Å². The van der Waals surface area contributed by atoms with Crippen LogP contribution in [0.4, 0.5) is 0 Å². The van der Waals surface area contributed by atoms with E-state index in [-0.39, 0.29) is 0 Å². The minimum Gasteiger partial charge on any atom is -0.494 e. The summed E-state index contributed by atoms with van der Waals surface area (Å²) < 4.78 is 5.83. The van der Waals surface area contributed by atoms with Crippen LogP contribution in [0.5, 0.6) is 5.75 Å². The van der Waals surface area contributed by atoms with Crippen LogP contribution >= 0.6 is 0 Å². The Morgan fingerprint density at radius 2 is 1.31 bits per heavy atom. The van der Waals surface area contributed by atoms with Crippen molar-refractivity contribution in [2.45, 2.75) is 116 Å². The third-order valence-corrected chi connectivity index (χ3v) is 7.91. The Labute approximate surface area is 181 Å². The summed E-state index contributed by atoms with van der Waals surface area (Å²) in [7, 11) is 0. The quantitative estimate of drug-likeness (QED) is 0.338. The molecule has 0 N–H and O–H groups in total. The van der Waals surface area contributed by atoms with E-state index in [0.29, 0.717) is 0 Å². The molecular weight excluding hydrogens is 352 g/mol. The van der Waals surface area contributed by atoms with Gasteiger partial charge in [0, 0.05) is 0 Å². The van der Waals surface area contributed by atoms with E-state index in [2.05, 4.69) is 38.1 Å². The zero-order valence-corrected chi connectivity index (χ0v) is 19.3. The fraction of sp³-hybridized carbons (Fsp3) is 0.786. The molecule has 0 aromatic heterocycles. The maximum atomic E-state index is 5.83. The first-order chi connectivity index (χ1) is 14.3. The summed E-state index contributed by atoms with van der Waals surface area (Å²) in [5.74, 6) is 4.94. The van der Waals surface area contributed by atoms with Crippen LogP contribution in [0.1, 0.15) is 122 Å². The van der Waals surface area contributed by atoms with Crippen LogP contribution in [0.3, 0.4) is 0 Å². The van der Waals surface area contributed by atoms with Crippen molar-refractivity contribution in [2.24, 2.45) is 17.8 Å². The second-order valence-electron chi connectivity index (χ2n) is 10.0. The molecule has 0 spiro atoms. The zero-order valence-electron chi connectivity index (χ0n) is 19.3. The zero-order chi connectivity index (χ0) is 20.3. The second kappa shape index (κ2) is 12.7. The van der Waals surface area contributed by atoms with Gasteiger partial charge in [0.25, 0.3) is 0 Å². The average Bonchev–Trinajstić information content (AvgIpc) is 2.78. The van der Waals surface area contributed by atoms with Crippen LogP contribution in [0.2, 0.25) is 0 Å². The van der Waals surface area contributed by atoms with E-state index in [1.165, 1.54) is 89.9 Å². The molecule has 0 aliphatic heterocycles. The molecule has 0 radical (unpaired) electrons. The van der Waals surface area contributed by atoms with Gasteiger partial charge in [-0.15, -0.1) is 0 Å². The van der Waals surface area contributed by atoms with Crippen molar-refractivity contribution in [1.29, 1.82) is 0 Å². The molecule has 164 valence electrons. The van der Waals surface area contributed by atoms with Crippen LogP contribution in [0, 0.1) is 17.8 Å². The van der Waals surface area contributed by atoms with Gasteiger partial charge in [0.1, 0.15) is 5.75 Å². The molecule has 0 heterocycles. The molecule has 3 rings (SSSR count). The lowest BCUT2D eigenvalue weighted by Gasteiger charge is -2.38. The van der Waals surface area contributed by atoms with Gasteiger partial charge in [0.15, 0.2) is 0 Å². The number of hydrogen-bond donors (Lipinski definition) is 0. The maximum absolute atomic E-state index is 5.83. The first-order valence-electron chi connectivity index (χ1n) is 13.0. The van der Waals surface area contributed by atoms with E-state index in [1.54, 1.807) is 5.56 Å². The van der Waals surface area contributed by atoms with Gasteiger partial charge < -0.3 is 4.74 Å². The van der Waals surface area contributed by atoms with E-state index in [1.807, 2.05) is 0 Å². The Morgan fingerprint density at radius 3 is 1.93 bits per heavy atom. The molecule has 2 fully saturated rings. The predicted molar refractivity (Wildman–Crippen MR) is 126 cm³/mol. The van der Waals surface area contributed by atoms with Crippen molar-refractivity contribution in [1.82, 2.24) is 0 Å². The van der Waals surface area contributed by atoms with E-state index >= 15 is 0 Å². The monoisotopic (exact) mass is 398 g/mol. The highest BCUT2D eigenvalue weighted by Gasteiger charge is 2.31. The Morgan fingerprint density at radius 1 is 0.690 bits per heavy atom. The maximum Gasteiger partial charge on any atom is 0.119 e. The fourth-order valence-electron chi connectivity index (χ4n) is 5.90. The van der Waals surface area contributed by atoms with E-state index in [4.69, 9.17) is 4.74 Å². The van der Waals surface area contributed by atoms with E-state index < -0.39 is 0 Å². The molecule has 2 aliphatic carbocycles. The minimum absolute atomic E-state index is 0.783. The Hall–Kier alpha value is -0.980. The van der Waals surface area contributed by atoms with Gasteiger partial charge in [-0.2, -0.15) is 0 Å². The number of rotatable bonds is 11. The molecule has 0 unspecified atom stereocenters. The highest BCUT2D eigenvalue weighted by molar-refractivity contribution is 5.29. The molecule has 1 aromatic rings. The summed E-state index contributed by atoms with van der Waals surface area (Å²) in [6, 6.07) is 9.05. The molecule has 1 nitrogen and oxygen atoms in total. The highest BCUT2D eigenvalue weighted by atomic mass is 16.5. The van der Waals surface area contributed by atoms with Crippen molar-refractivity contribution in [3.63, 3.8) is 0 Å². The standard InChI is InChI=1S/C28H46O/c1-3-5-7-8-9-23-10-12-24(13-11-23)25-14-16-26(17-15-25)27-18-20-28(21-19-27)29-22-6-4-2/h18-21,23-26H,3-17,22H2,1-2H3/t23-,24-,25-,26-. The summed E-state index contributed by atoms with van der Waals surface area (Å²) in [4.78, 5) is 0. The van der Waals surface area contributed by atoms with E-state index in [0.717, 1.165) is 42.4 Å². The third-order valence-electron chi connectivity index (χ3n) is 7.91. The Kier molecular flexibility index (Phi) is 9.91. The molecule has 2 aliphatic rings.